The van der Waals surface area contributed by atoms with Crippen molar-refractivity contribution in [1.82, 2.24) is 9.13 Å². The summed E-state index contributed by atoms with van der Waals surface area (Å²) < 4.78 is 4.93. The van der Waals surface area contributed by atoms with E-state index in [0.29, 0.717) is 0 Å². The minimum absolute atomic E-state index is 1.17. The lowest BCUT2D eigenvalue weighted by Gasteiger charge is -2.14. The molecule has 0 aliphatic heterocycles. The van der Waals surface area contributed by atoms with Crippen molar-refractivity contribution in [3.63, 3.8) is 0 Å². The Morgan fingerprint density at radius 3 is 1.38 bits per heavy atom. The second-order valence-corrected chi connectivity index (χ2v) is 13.3. The van der Waals surface area contributed by atoms with Gasteiger partial charge < -0.3 is 9.13 Å². The summed E-state index contributed by atoms with van der Waals surface area (Å²) in [7, 11) is 0. The number of benzene rings is 9. The average Bonchev–Trinajstić information content (AvgIpc) is 3.71. The fourth-order valence-electron chi connectivity index (χ4n) is 8.62. The second-order valence-electron chi connectivity index (χ2n) is 13.3. The van der Waals surface area contributed by atoms with Gasteiger partial charge in [0.05, 0.1) is 27.8 Å². The molecule has 2 aromatic heterocycles. The summed E-state index contributed by atoms with van der Waals surface area (Å²) in [5.41, 5.74) is 9.62. The summed E-state index contributed by atoms with van der Waals surface area (Å²) in [4.78, 5) is 0. The molecule has 232 valence electrons. The Hall–Kier alpha value is -6.64. The zero-order valence-corrected chi connectivity index (χ0v) is 27.2. The molecule has 2 heterocycles. The lowest BCUT2D eigenvalue weighted by atomic mass is 9.94. The van der Waals surface area contributed by atoms with Crippen LogP contribution in [-0.2, 0) is 0 Å². The summed E-state index contributed by atoms with van der Waals surface area (Å²) in [5, 5.41) is 12.8. The Bertz CT molecular complexity index is 3110. The molecule has 0 unspecified atom stereocenters. The molecule has 2 heteroatoms. The predicted molar refractivity (Wildman–Crippen MR) is 213 cm³/mol. The predicted octanol–water partition coefficient (Wildman–Crippen LogP) is 13.0. The third-order valence-electron chi connectivity index (χ3n) is 10.7. The molecule has 11 aromatic rings. The fourth-order valence-corrected chi connectivity index (χ4v) is 8.62. The van der Waals surface area contributed by atoms with E-state index in [2.05, 4.69) is 191 Å². The summed E-state index contributed by atoms with van der Waals surface area (Å²) in [5.74, 6) is 0. The molecular weight excluding hydrogens is 605 g/mol. The van der Waals surface area contributed by atoms with Crippen LogP contribution in [0.1, 0.15) is 0 Å². The van der Waals surface area contributed by atoms with E-state index in [9.17, 15) is 0 Å². The molecule has 0 atom stereocenters. The Labute approximate surface area is 288 Å². The lowest BCUT2D eigenvalue weighted by molar-refractivity contribution is 1.17. The molecule has 0 saturated carbocycles. The minimum Gasteiger partial charge on any atom is -0.309 e. The van der Waals surface area contributed by atoms with Crippen LogP contribution in [0, 0.1) is 0 Å². The van der Waals surface area contributed by atoms with E-state index in [-0.39, 0.29) is 0 Å². The van der Waals surface area contributed by atoms with Crippen LogP contribution in [0.2, 0.25) is 0 Å². The van der Waals surface area contributed by atoms with Gasteiger partial charge in [-0.1, -0.05) is 140 Å². The topological polar surface area (TPSA) is 9.86 Å². The van der Waals surface area contributed by atoms with E-state index >= 15 is 0 Å². The first-order valence-corrected chi connectivity index (χ1v) is 17.3. The van der Waals surface area contributed by atoms with E-state index in [0.717, 1.165) is 0 Å². The molecular formula is C48H30N2. The highest BCUT2D eigenvalue weighted by molar-refractivity contribution is 6.29. The Morgan fingerprint density at radius 2 is 0.740 bits per heavy atom. The molecule has 0 aliphatic rings. The van der Waals surface area contributed by atoms with Gasteiger partial charge >= 0.3 is 0 Å². The molecule has 0 aliphatic carbocycles. The largest absolute Gasteiger partial charge is 0.309 e. The quantitative estimate of drug-likeness (QED) is 0.171. The van der Waals surface area contributed by atoms with Crippen molar-refractivity contribution in [1.29, 1.82) is 0 Å². The zero-order chi connectivity index (χ0) is 32.8. The molecule has 0 saturated heterocycles. The van der Waals surface area contributed by atoms with Crippen LogP contribution in [0.5, 0.6) is 0 Å². The highest BCUT2D eigenvalue weighted by atomic mass is 15.0. The highest BCUT2D eigenvalue weighted by Crippen LogP contribution is 2.44. The van der Waals surface area contributed by atoms with Crippen LogP contribution in [0.4, 0.5) is 0 Å². The minimum atomic E-state index is 1.17. The van der Waals surface area contributed by atoms with Gasteiger partial charge in [-0.3, -0.25) is 0 Å². The van der Waals surface area contributed by atoms with Gasteiger partial charge in [-0.05, 0) is 80.3 Å². The van der Waals surface area contributed by atoms with Gasteiger partial charge in [-0.15, -0.1) is 0 Å². The van der Waals surface area contributed by atoms with Crippen molar-refractivity contribution < 1.29 is 0 Å². The summed E-state index contributed by atoms with van der Waals surface area (Å²) in [6.07, 6.45) is 0. The third kappa shape index (κ3) is 3.73. The molecule has 2 nitrogen and oxygen atoms in total. The molecule has 0 spiro atoms. The maximum absolute atomic E-state index is 2.47. The van der Waals surface area contributed by atoms with Gasteiger partial charge in [-0.25, -0.2) is 0 Å². The van der Waals surface area contributed by atoms with Gasteiger partial charge in [-0.2, -0.15) is 0 Å². The highest BCUT2D eigenvalue weighted by Gasteiger charge is 2.22. The maximum Gasteiger partial charge on any atom is 0.0549 e. The van der Waals surface area contributed by atoms with E-state index < -0.39 is 0 Å². The van der Waals surface area contributed by atoms with Crippen molar-refractivity contribution >= 4 is 75.9 Å². The molecule has 0 fully saturated rings. The normalized spacial score (nSPS) is 12.0. The van der Waals surface area contributed by atoms with Crippen LogP contribution in [0.3, 0.4) is 0 Å². The van der Waals surface area contributed by atoms with Crippen molar-refractivity contribution in [2.24, 2.45) is 0 Å². The number of aromatic nitrogens is 2. The lowest BCUT2D eigenvalue weighted by Crippen LogP contribution is -1.97. The van der Waals surface area contributed by atoms with Crippen LogP contribution in [0.25, 0.3) is 98.4 Å². The third-order valence-corrected chi connectivity index (χ3v) is 10.7. The number of hydrogen-bond acceptors (Lipinski definition) is 0. The molecule has 0 N–H and O–H groups in total. The van der Waals surface area contributed by atoms with Crippen LogP contribution < -0.4 is 0 Å². The Balaban J connectivity index is 1.25. The van der Waals surface area contributed by atoms with Crippen LogP contribution in [0.15, 0.2) is 182 Å². The molecule has 11 rings (SSSR count). The SMILES string of the molecule is c1ccc(-c2ccccc2-n2c3ccccc3c3c4c5ccccc5n(-c5ccc6c7ccccc7c7ccccc7c6c5)c4ccc32)cc1. The number of fused-ring (bicyclic) bond motifs is 13. The number of rotatable bonds is 3. The standard InChI is InChI=1S/C48H30N2/c1-2-14-31(15-3-1)33-16-8-11-23-42(33)50-44-25-13-10-22-40(44)48-46(50)29-28-45-47(48)39-21-9-12-24-43(39)49(45)32-26-27-38-36-19-5-4-17-34(36)35-18-6-7-20-37(35)41(38)30-32/h1-30H. The monoisotopic (exact) mass is 634 g/mol. The van der Waals surface area contributed by atoms with Crippen molar-refractivity contribution in [3.8, 4) is 22.5 Å². The van der Waals surface area contributed by atoms with Crippen molar-refractivity contribution in [2.75, 3.05) is 0 Å². The molecule has 0 radical (unpaired) electrons. The van der Waals surface area contributed by atoms with Gasteiger partial charge in [0.2, 0.25) is 0 Å². The molecule has 0 amide bonds. The van der Waals surface area contributed by atoms with Crippen LogP contribution in [-0.4, -0.2) is 9.13 Å². The number of para-hydroxylation sites is 3. The van der Waals surface area contributed by atoms with Gasteiger partial charge in [0.25, 0.3) is 0 Å². The number of nitrogens with zero attached hydrogens (tertiary/aromatic N) is 2. The van der Waals surface area contributed by atoms with E-state index in [1.807, 2.05) is 0 Å². The van der Waals surface area contributed by atoms with Gasteiger partial charge in [0, 0.05) is 32.8 Å². The van der Waals surface area contributed by atoms with E-state index in [1.165, 1.54) is 98.4 Å². The van der Waals surface area contributed by atoms with Gasteiger partial charge in [0.1, 0.15) is 0 Å². The molecule has 0 bridgehead atoms. The first kappa shape index (κ1) is 27.3. The summed E-state index contributed by atoms with van der Waals surface area (Å²) >= 11 is 0. The zero-order valence-electron chi connectivity index (χ0n) is 27.2. The second kappa shape index (κ2) is 10.4. The first-order chi connectivity index (χ1) is 24.8. The summed E-state index contributed by atoms with van der Waals surface area (Å²) in [6.45, 7) is 0. The summed E-state index contributed by atoms with van der Waals surface area (Å²) in [6, 6.07) is 66.6. The molecule has 9 aromatic carbocycles. The maximum atomic E-state index is 2.47. The van der Waals surface area contributed by atoms with E-state index in [4.69, 9.17) is 0 Å². The van der Waals surface area contributed by atoms with Gasteiger partial charge in [0.15, 0.2) is 0 Å². The first-order valence-electron chi connectivity index (χ1n) is 17.3. The van der Waals surface area contributed by atoms with Crippen LogP contribution >= 0.6 is 0 Å². The van der Waals surface area contributed by atoms with Crippen molar-refractivity contribution in [2.45, 2.75) is 0 Å². The fraction of sp³-hybridized carbons (Fsp3) is 0. The average molecular weight is 635 g/mol. The smallest absolute Gasteiger partial charge is 0.0549 e. The van der Waals surface area contributed by atoms with E-state index in [1.54, 1.807) is 0 Å². The Kier molecular flexibility index (Phi) is 5.70. The van der Waals surface area contributed by atoms with Crippen molar-refractivity contribution in [3.05, 3.63) is 182 Å². The molecule has 50 heavy (non-hydrogen) atoms. The Morgan fingerprint density at radius 1 is 0.280 bits per heavy atom. The number of hydrogen-bond donors (Lipinski definition) is 0.